The van der Waals surface area contributed by atoms with Gasteiger partial charge < -0.3 is 19.5 Å². The van der Waals surface area contributed by atoms with Crippen molar-refractivity contribution in [1.29, 1.82) is 0 Å². The molecule has 2 aliphatic rings. The van der Waals surface area contributed by atoms with E-state index in [1.165, 1.54) is 6.07 Å². The van der Waals surface area contributed by atoms with E-state index in [0.29, 0.717) is 23.4 Å². The van der Waals surface area contributed by atoms with E-state index in [4.69, 9.17) is 9.47 Å². The minimum absolute atomic E-state index is 0.0695. The first-order valence-electron chi connectivity index (χ1n) is 11.5. The van der Waals surface area contributed by atoms with Gasteiger partial charge in [0.15, 0.2) is 0 Å². The highest BCUT2D eigenvalue weighted by Crippen LogP contribution is 2.35. The van der Waals surface area contributed by atoms with Crippen LogP contribution in [0.3, 0.4) is 0 Å². The minimum atomic E-state index is -4.43. The molecule has 0 aromatic heterocycles. The van der Waals surface area contributed by atoms with Crippen molar-refractivity contribution in [1.82, 2.24) is 10.2 Å². The number of nitrogens with one attached hydrogen (secondary N) is 1. The molecule has 0 spiro atoms. The quantitative estimate of drug-likeness (QED) is 0.587. The molecule has 0 radical (unpaired) electrons. The van der Waals surface area contributed by atoms with E-state index in [0.717, 1.165) is 57.5 Å². The van der Waals surface area contributed by atoms with Crippen LogP contribution in [0, 0.1) is 5.92 Å². The zero-order valence-corrected chi connectivity index (χ0v) is 19.5. The lowest BCUT2D eigenvalue weighted by atomic mass is 10.0. The van der Waals surface area contributed by atoms with E-state index >= 15 is 0 Å². The molecule has 1 aromatic rings. The molecule has 1 aromatic carbocycles. The highest BCUT2D eigenvalue weighted by atomic mass is 19.4. The number of ether oxygens (including phenoxy) is 2. The normalized spacial score (nSPS) is 24.2. The maximum Gasteiger partial charge on any atom is 0.416 e. The Morgan fingerprint density at radius 2 is 1.81 bits per heavy atom. The molecular weight excluding hydrogens is 421 g/mol. The molecule has 0 bridgehead atoms. The molecule has 1 saturated carbocycles. The van der Waals surface area contributed by atoms with Crippen LogP contribution >= 0.6 is 0 Å². The van der Waals surface area contributed by atoms with Gasteiger partial charge in [-0.15, -0.1) is 0 Å². The molecule has 2 unspecified atom stereocenters. The Morgan fingerprint density at radius 3 is 2.44 bits per heavy atom. The van der Waals surface area contributed by atoms with Gasteiger partial charge in [-0.25, -0.2) is 0 Å². The maximum absolute atomic E-state index is 13.2. The van der Waals surface area contributed by atoms with Crippen LogP contribution in [0.1, 0.15) is 64.0 Å². The number of aliphatic hydroxyl groups excluding tert-OH is 1. The van der Waals surface area contributed by atoms with Gasteiger partial charge in [0.1, 0.15) is 17.6 Å². The summed E-state index contributed by atoms with van der Waals surface area (Å²) in [5.41, 5.74) is -0.868. The summed E-state index contributed by atoms with van der Waals surface area (Å²) in [7, 11) is 2.15. The van der Waals surface area contributed by atoms with Crippen molar-refractivity contribution in [2.75, 3.05) is 20.3 Å². The fraction of sp³-hybridized carbons (Fsp3) is 0.750. The molecule has 1 aliphatic carbocycles. The SMILES string of the molecule is CN(C1CCOCC1)C1CC[C@H](C(O)NCc2cc(C(F)(F)F)ccc2OC(C)(C)C)C1. The molecule has 1 aliphatic heterocycles. The topological polar surface area (TPSA) is 54.0 Å². The Labute approximate surface area is 189 Å². The monoisotopic (exact) mass is 458 g/mol. The van der Waals surface area contributed by atoms with Gasteiger partial charge in [-0.3, -0.25) is 5.32 Å². The van der Waals surface area contributed by atoms with Gasteiger partial charge in [0, 0.05) is 37.4 Å². The lowest BCUT2D eigenvalue weighted by molar-refractivity contribution is -0.137. The lowest BCUT2D eigenvalue weighted by Gasteiger charge is -2.35. The third kappa shape index (κ3) is 6.83. The van der Waals surface area contributed by atoms with Crippen LogP contribution in [-0.2, 0) is 17.5 Å². The number of alkyl halides is 3. The number of rotatable bonds is 7. The van der Waals surface area contributed by atoms with E-state index < -0.39 is 23.6 Å². The Bertz CT molecular complexity index is 745. The average Bonchev–Trinajstić information content (AvgIpc) is 3.21. The van der Waals surface area contributed by atoms with Crippen molar-refractivity contribution in [2.45, 2.75) is 89.5 Å². The highest BCUT2D eigenvalue weighted by Gasteiger charge is 2.35. The van der Waals surface area contributed by atoms with Gasteiger partial charge in [0.25, 0.3) is 0 Å². The molecule has 32 heavy (non-hydrogen) atoms. The van der Waals surface area contributed by atoms with Crippen molar-refractivity contribution >= 4 is 0 Å². The Hall–Kier alpha value is -1.35. The van der Waals surface area contributed by atoms with Crippen LogP contribution in [0.15, 0.2) is 18.2 Å². The van der Waals surface area contributed by atoms with Gasteiger partial charge in [-0.2, -0.15) is 13.2 Å². The molecular formula is C24H37F3N2O3. The number of hydrogen-bond donors (Lipinski definition) is 2. The molecule has 5 nitrogen and oxygen atoms in total. The van der Waals surface area contributed by atoms with Gasteiger partial charge in [0.2, 0.25) is 0 Å². The fourth-order valence-electron chi connectivity index (χ4n) is 4.74. The zero-order valence-electron chi connectivity index (χ0n) is 19.5. The van der Waals surface area contributed by atoms with Crippen LogP contribution in [0.5, 0.6) is 5.75 Å². The molecule has 8 heteroatoms. The number of halogens is 3. The van der Waals surface area contributed by atoms with E-state index in [9.17, 15) is 18.3 Å². The van der Waals surface area contributed by atoms with Crippen LogP contribution in [0.4, 0.5) is 13.2 Å². The second kappa shape index (κ2) is 10.3. The maximum atomic E-state index is 13.2. The molecule has 2 N–H and O–H groups in total. The lowest BCUT2D eigenvalue weighted by Crippen LogP contribution is -2.43. The van der Waals surface area contributed by atoms with Crippen LogP contribution < -0.4 is 10.1 Å². The van der Waals surface area contributed by atoms with Crippen molar-refractivity contribution in [2.24, 2.45) is 5.92 Å². The first-order chi connectivity index (χ1) is 14.9. The second-order valence-corrected chi connectivity index (χ2v) is 10.1. The number of aliphatic hydroxyl groups is 1. The first-order valence-corrected chi connectivity index (χ1v) is 11.5. The number of nitrogens with zero attached hydrogens (tertiary/aromatic N) is 1. The predicted molar refractivity (Wildman–Crippen MR) is 117 cm³/mol. The van der Waals surface area contributed by atoms with Crippen molar-refractivity contribution in [3.05, 3.63) is 29.3 Å². The molecule has 3 atom stereocenters. The Kier molecular flexibility index (Phi) is 8.12. The standard InChI is InChI=1S/C24H37F3N2O3/c1-23(2,3)32-21-8-6-18(24(25,26)27)13-17(21)15-28-22(30)16-5-7-20(14-16)29(4)19-9-11-31-12-10-19/h6,8,13,16,19-20,22,28,30H,5,7,9-12,14-15H2,1-4H3/t16-,20?,22?/m0/s1. The third-order valence-electron chi connectivity index (χ3n) is 6.54. The van der Waals surface area contributed by atoms with Crippen molar-refractivity contribution in [3.8, 4) is 5.75 Å². The summed E-state index contributed by atoms with van der Waals surface area (Å²) in [6.45, 7) is 7.25. The molecule has 182 valence electrons. The van der Waals surface area contributed by atoms with Crippen LogP contribution in [-0.4, -0.2) is 54.2 Å². The summed E-state index contributed by atoms with van der Waals surface area (Å²) >= 11 is 0. The highest BCUT2D eigenvalue weighted by molar-refractivity contribution is 5.38. The van der Waals surface area contributed by atoms with E-state index in [2.05, 4.69) is 17.3 Å². The summed E-state index contributed by atoms with van der Waals surface area (Å²) in [5, 5.41) is 13.8. The van der Waals surface area contributed by atoms with Gasteiger partial charge in [-0.05, 0) is 84.0 Å². The van der Waals surface area contributed by atoms with E-state index in [1.807, 2.05) is 20.8 Å². The molecule has 3 rings (SSSR count). The summed E-state index contributed by atoms with van der Waals surface area (Å²) in [6.07, 6.45) is -0.369. The van der Waals surface area contributed by atoms with E-state index in [-0.39, 0.29) is 12.5 Å². The van der Waals surface area contributed by atoms with Gasteiger partial charge in [-0.1, -0.05) is 0 Å². The number of benzene rings is 1. The largest absolute Gasteiger partial charge is 0.488 e. The van der Waals surface area contributed by atoms with Crippen LogP contribution in [0.2, 0.25) is 0 Å². The van der Waals surface area contributed by atoms with Crippen LogP contribution in [0.25, 0.3) is 0 Å². The third-order valence-corrected chi connectivity index (χ3v) is 6.54. The summed E-state index contributed by atoms with van der Waals surface area (Å²) in [4.78, 5) is 2.43. The molecule has 0 amide bonds. The summed E-state index contributed by atoms with van der Waals surface area (Å²) in [5.74, 6) is 0.467. The Balaban J connectivity index is 1.61. The fourth-order valence-corrected chi connectivity index (χ4v) is 4.74. The second-order valence-electron chi connectivity index (χ2n) is 10.1. The molecule has 2 fully saturated rings. The van der Waals surface area contributed by atoms with Crippen molar-refractivity contribution < 1.29 is 27.8 Å². The first kappa shape index (κ1) is 25.3. The predicted octanol–water partition coefficient (Wildman–Crippen LogP) is 4.57. The van der Waals surface area contributed by atoms with Gasteiger partial charge >= 0.3 is 6.18 Å². The number of hydrogen-bond acceptors (Lipinski definition) is 5. The Morgan fingerprint density at radius 1 is 1.12 bits per heavy atom. The van der Waals surface area contributed by atoms with Crippen molar-refractivity contribution in [3.63, 3.8) is 0 Å². The minimum Gasteiger partial charge on any atom is -0.488 e. The summed E-state index contributed by atoms with van der Waals surface area (Å²) < 4.78 is 51.0. The molecule has 1 saturated heterocycles. The molecule has 1 heterocycles. The van der Waals surface area contributed by atoms with Gasteiger partial charge in [0.05, 0.1) is 5.56 Å². The zero-order chi connectivity index (χ0) is 23.5. The average molecular weight is 459 g/mol. The van der Waals surface area contributed by atoms with E-state index in [1.54, 1.807) is 0 Å². The summed E-state index contributed by atoms with van der Waals surface area (Å²) in [6, 6.07) is 4.44. The smallest absolute Gasteiger partial charge is 0.416 e.